The second kappa shape index (κ2) is 13.3. The second-order valence-electron chi connectivity index (χ2n) is 7.36. The van der Waals surface area contributed by atoms with Crippen molar-refractivity contribution >= 4 is 0 Å². The van der Waals surface area contributed by atoms with E-state index in [-0.39, 0.29) is 0 Å². The number of rotatable bonds is 12. The van der Waals surface area contributed by atoms with Gasteiger partial charge in [-0.2, -0.15) is 0 Å². The molecule has 1 rings (SSSR count). The van der Waals surface area contributed by atoms with Gasteiger partial charge in [-0.3, -0.25) is 0 Å². The molecule has 0 spiro atoms. The zero-order valence-corrected chi connectivity index (χ0v) is 17.3. The van der Waals surface area contributed by atoms with Crippen LogP contribution in [0.25, 0.3) is 0 Å². The van der Waals surface area contributed by atoms with Crippen molar-refractivity contribution < 1.29 is 0 Å². The number of nitrogens with zero attached hydrogens (tertiary/aromatic N) is 2. The predicted molar refractivity (Wildman–Crippen MR) is 111 cm³/mol. The van der Waals surface area contributed by atoms with Crippen LogP contribution in [0.4, 0.5) is 0 Å². The van der Waals surface area contributed by atoms with Crippen LogP contribution in [-0.4, -0.2) is 42.0 Å². The molecule has 0 amide bonds. The third-order valence-corrected chi connectivity index (χ3v) is 5.42. The maximum absolute atomic E-state index is 5.87. The summed E-state index contributed by atoms with van der Waals surface area (Å²) in [6, 6.07) is 0.511. The lowest BCUT2D eigenvalue weighted by atomic mass is 9.99. The maximum Gasteiger partial charge on any atom is 0.0679 e. The van der Waals surface area contributed by atoms with E-state index in [9.17, 15) is 0 Å². The molecule has 1 saturated heterocycles. The Morgan fingerprint density at radius 1 is 1.12 bits per heavy atom. The molecule has 1 aliphatic heterocycles. The number of hydrogen-bond acceptors (Lipinski definition) is 3. The number of nitrogens with two attached hydrogens (primary N) is 1. The van der Waals surface area contributed by atoms with Gasteiger partial charge in [0.05, 0.1) is 6.04 Å². The van der Waals surface area contributed by atoms with E-state index < -0.39 is 0 Å². The van der Waals surface area contributed by atoms with E-state index in [4.69, 9.17) is 5.73 Å². The van der Waals surface area contributed by atoms with Crippen molar-refractivity contribution in [3.8, 4) is 0 Å². The van der Waals surface area contributed by atoms with Gasteiger partial charge in [-0.15, -0.1) is 0 Å². The number of hydrogen-bond donors (Lipinski definition) is 1. The topological polar surface area (TPSA) is 32.5 Å². The van der Waals surface area contributed by atoms with Gasteiger partial charge in [-0.05, 0) is 44.2 Å². The van der Waals surface area contributed by atoms with Crippen LogP contribution < -0.4 is 5.73 Å². The Hall–Kier alpha value is -0.960. The Bertz CT molecular complexity index is 389. The van der Waals surface area contributed by atoms with Gasteiger partial charge in [0, 0.05) is 31.9 Å². The molecule has 2 unspecified atom stereocenters. The summed E-state index contributed by atoms with van der Waals surface area (Å²) in [6.45, 7) is 13.1. The first kappa shape index (κ1) is 22.1. The van der Waals surface area contributed by atoms with Gasteiger partial charge in [0.2, 0.25) is 0 Å². The molecule has 2 N–H and O–H groups in total. The van der Waals surface area contributed by atoms with Crippen molar-refractivity contribution in [2.24, 2.45) is 11.7 Å². The molecule has 146 valence electrons. The molecule has 1 heterocycles. The van der Waals surface area contributed by atoms with E-state index in [1.807, 2.05) is 0 Å². The monoisotopic (exact) mass is 349 g/mol. The first-order chi connectivity index (χ1) is 12.2. The number of unbranched alkanes of at least 4 members (excludes halogenated alkanes) is 3. The van der Waals surface area contributed by atoms with Crippen LogP contribution in [0.15, 0.2) is 24.0 Å². The molecule has 1 fully saturated rings. The van der Waals surface area contributed by atoms with Crippen molar-refractivity contribution in [2.45, 2.75) is 85.1 Å². The van der Waals surface area contributed by atoms with Gasteiger partial charge in [-0.25, -0.2) is 0 Å². The van der Waals surface area contributed by atoms with E-state index in [2.05, 4.69) is 55.8 Å². The summed E-state index contributed by atoms with van der Waals surface area (Å²) in [5.74, 6) is 0.724. The third-order valence-electron chi connectivity index (χ3n) is 5.42. The first-order valence-electron chi connectivity index (χ1n) is 10.8. The fraction of sp³-hybridized carbons (Fsp3) is 0.818. The minimum Gasteiger partial charge on any atom is -0.370 e. The summed E-state index contributed by atoms with van der Waals surface area (Å²) in [6.07, 6.45) is 17.5. The maximum atomic E-state index is 5.87. The summed E-state index contributed by atoms with van der Waals surface area (Å²) in [5.41, 5.74) is 7.39. The molecule has 0 radical (unpaired) electrons. The van der Waals surface area contributed by atoms with Crippen LogP contribution in [0.1, 0.15) is 79.1 Å². The fourth-order valence-corrected chi connectivity index (χ4v) is 3.87. The third kappa shape index (κ3) is 7.43. The van der Waals surface area contributed by atoms with E-state index in [0.29, 0.717) is 6.04 Å². The second-order valence-corrected chi connectivity index (χ2v) is 7.36. The summed E-state index contributed by atoms with van der Waals surface area (Å²) < 4.78 is 0. The quantitative estimate of drug-likeness (QED) is 0.495. The summed E-state index contributed by atoms with van der Waals surface area (Å²) in [4.78, 5) is 5.12. The minimum absolute atomic E-state index is 0.511. The molecular weight excluding hydrogens is 306 g/mol. The van der Waals surface area contributed by atoms with Crippen LogP contribution in [-0.2, 0) is 0 Å². The van der Waals surface area contributed by atoms with E-state index in [0.717, 1.165) is 38.5 Å². The smallest absolute Gasteiger partial charge is 0.0679 e. The van der Waals surface area contributed by atoms with Crippen molar-refractivity contribution in [3.63, 3.8) is 0 Å². The molecule has 0 bridgehead atoms. The Kier molecular flexibility index (Phi) is 11.7. The first-order valence-corrected chi connectivity index (χ1v) is 10.8. The molecule has 0 aromatic carbocycles. The molecule has 1 aliphatic rings. The van der Waals surface area contributed by atoms with Crippen LogP contribution in [0, 0.1) is 5.92 Å². The fourth-order valence-electron chi connectivity index (χ4n) is 3.87. The number of piperazine rings is 1. The van der Waals surface area contributed by atoms with Crippen LogP contribution in [0.3, 0.4) is 0 Å². The van der Waals surface area contributed by atoms with E-state index >= 15 is 0 Å². The zero-order chi connectivity index (χ0) is 18.5. The van der Waals surface area contributed by atoms with Crippen molar-refractivity contribution in [2.75, 3.05) is 26.2 Å². The van der Waals surface area contributed by atoms with Crippen molar-refractivity contribution in [3.05, 3.63) is 24.0 Å². The average molecular weight is 350 g/mol. The lowest BCUT2D eigenvalue weighted by molar-refractivity contribution is 0.161. The van der Waals surface area contributed by atoms with Gasteiger partial charge in [0.15, 0.2) is 0 Å². The van der Waals surface area contributed by atoms with Crippen molar-refractivity contribution in [1.82, 2.24) is 9.80 Å². The molecule has 0 saturated carbocycles. The van der Waals surface area contributed by atoms with Crippen LogP contribution in [0.2, 0.25) is 0 Å². The minimum atomic E-state index is 0.511. The molecule has 25 heavy (non-hydrogen) atoms. The molecule has 0 aliphatic carbocycles. The van der Waals surface area contributed by atoms with Crippen molar-refractivity contribution in [1.29, 1.82) is 0 Å². The Morgan fingerprint density at radius 2 is 1.92 bits per heavy atom. The normalized spacial score (nSPS) is 21.5. The molecule has 3 heteroatoms. The van der Waals surface area contributed by atoms with Gasteiger partial charge in [0.1, 0.15) is 0 Å². The van der Waals surface area contributed by atoms with Gasteiger partial charge < -0.3 is 15.5 Å². The van der Waals surface area contributed by atoms with E-state index in [1.54, 1.807) is 0 Å². The largest absolute Gasteiger partial charge is 0.370 e. The Labute approximate surface area is 157 Å². The van der Waals surface area contributed by atoms with Gasteiger partial charge in [0.25, 0.3) is 0 Å². The summed E-state index contributed by atoms with van der Waals surface area (Å²) in [7, 11) is 0. The van der Waals surface area contributed by atoms with Crippen LogP contribution in [0.5, 0.6) is 0 Å². The highest BCUT2D eigenvalue weighted by atomic mass is 15.3. The predicted octanol–water partition coefficient (Wildman–Crippen LogP) is 5.15. The molecule has 3 nitrogen and oxygen atoms in total. The molecule has 0 aromatic rings. The lowest BCUT2D eigenvalue weighted by Crippen LogP contribution is -2.50. The van der Waals surface area contributed by atoms with Gasteiger partial charge in [-0.1, -0.05) is 59.1 Å². The SMILES string of the molecule is CCCCCC=C1C(CC)N(C=CC(CC)CCC)CCN1CCN. The van der Waals surface area contributed by atoms with Gasteiger partial charge >= 0.3 is 0 Å². The molecule has 0 aromatic heterocycles. The average Bonchev–Trinajstić information content (AvgIpc) is 2.63. The summed E-state index contributed by atoms with van der Waals surface area (Å²) >= 11 is 0. The lowest BCUT2D eigenvalue weighted by Gasteiger charge is -2.44. The highest BCUT2D eigenvalue weighted by Crippen LogP contribution is 2.25. The molecule has 2 atom stereocenters. The zero-order valence-electron chi connectivity index (χ0n) is 17.3. The Balaban J connectivity index is 2.85. The van der Waals surface area contributed by atoms with Crippen LogP contribution >= 0.6 is 0 Å². The van der Waals surface area contributed by atoms with E-state index in [1.165, 1.54) is 50.6 Å². The highest BCUT2D eigenvalue weighted by molar-refractivity contribution is 5.15. The molecular formula is C22H43N3. The standard InChI is InChI=1S/C22H43N3/c1-5-9-10-11-13-22-21(8-4)24(18-19-25(22)17-15-23)16-14-20(7-3)12-6-2/h13-14,16,20-21H,5-12,15,17-19,23H2,1-4H3. The number of allylic oxidation sites excluding steroid dienone is 2. The Morgan fingerprint density at radius 3 is 2.52 bits per heavy atom. The highest BCUT2D eigenvalue weighted by Gasteiger charge is 2.27. The summed E-state index contributed by atoms with van der Waals surface area (Å²) in [5, 5.41) is 0.